The second kappa shape index (κ2) is 5.24. The fourth-order valence-electron chi connectivity index (χ4n) is 2.60. The fraction of sp³-hybridized carbons (Fsp3) is 0.533. The highest BCUT2D eigenvalue weighted by molar-refractivity contribution is 5.78. The lowest BCUT2D eigenvalue weighted by molar-refractivity contribution is -0.137. The zero-order valence-electron chi connectivity index (χ0n) is 11.5. The van der Waals surface area contributed by atoms with Crippen LogP contribution in [0.5, 0.6) is 0 Å². The SMILES string of the molecule is NC(=NC1CC1)NC1CC(c2ccc(C(F)(F)F)cc2)C1. The number of guanidine groups is 1. The molecule has 0 saturated heterocycles. The van der Waals surface area contributed by atoms with Crippen molar-refractivity contribution < 1.29 is 13.2 Å². The molecule has 0 amide bonds. The van der Waals surface area contributed by atoms with Crippen LogP contribution in [0.2, 0.25) is 0 Å². The van der Waals surface area contributed by atoms with E-state index in [1.807, 2.05) is 0 Å². The molecule has 3 rings (SSSR count). The minimum Gasteiger partial charge on any atom is -0.370 e. The van der Waals surface area contributed by atoms with Crippen molar-refractivity contribution in [1.29, 1.82) is 0 Å². The Balaban J connectivity index is 1.51. The largest absolute Gasteiger partial charge is 0.416 e. The number of nitrogens with one attached hydrogen (secondary N) is 1. The molecule has 0 radical (unpaired) electrons. The predicted molar refractivity (Wildman–Crippen MR) is 75.0 cm³/mol. The van der Waals surface area contributed by atoms with Crippen LogP contribution in [-0.2, 0) is 6.18 Å². The summed E-state index contributed by atoms with van der Waals surface area (Å²) in [5, 5.41) is 3.17. The first-order valence-electron chi connectivity index (χ1n) is 7.19. The van der Waals surface area contributed by atoms with Crippen molar-refractivity contribution in [1.82, 2.24) is 5.32 Å². The molecule has 3 nitrogen and oxygen atoms in total. The van der Waals surface area contributed by atoms with Crippen molar-refractivity contribution in [2.75, 3.05) is 0 Å². The van der Waals surface area contributed by atoms with E-state index in [-0.39, 0.29) is 6.04 Å². The lowest BCUT2D eigenvalue weighted by Gasteiger charge is -2.36. The number of aliphatic imine (C=N–C) groups is 1. The number of nitrogens with two attached hydrogens (primary N) is 1. The van der Waals surface area contributed by atoms with E-state index in [4.69, 9.17) is 5.73 Å². The molecule has 2 fully saturated rings. The summed E-state index contributed by atoms with van der Waals surface area (Å²) in [4.78, 5) is 4.31. The second-order valence-electron chi connectivity index (χ2n) is 5.87. The molecule has 2 saturated carbocycles. The lowest BCUT2D eigenvalue weighted by atomic mass is 9.76. The van der Waals surface area contributed by atoms with E-state index in [0.717, 1.165) is 43.4 Å². The molecular formula is C15H18F3N3. The Bertz CT molecular complexity index is 526. The number of hydrogen-bond acceptors (Lipinski definition) is 1. The Morgan fingerprint density at radius 1 is 1.14 bits per heavy atom. The quantitative estimate of drug-likeness (QED) is 0.665. The average Bonchev–Trinajstić information content (AvgIpc) is 3.16. The minimum atomic E-state index is -4.27. The first kappa shape index (κ1) is 14.2. The normalized spacial score (nSPS) is 26.3. The van der Waals surface area contributed by atoms with Crippen LogP contribution in [0, 0.1) is 0 Å². The molecule has 1 aromatic rings. The lowest BCUT2D eigenvalue weighted by Crippen LogP contribution is -2.46. The summed E-state index contributed by atoms with van der Waals surface area (Å²) in [6.45, 7) is 0. The van der Waals surface area contributed by atoms with Crippen molar-refractivity contribution in [3.8, 4) is 0 Å². The van der Waals surface area contributed by atoms with Crippen LogP contribution in [0.4, 0.5) is 13.2 Å². The molecule has 0 spiro atoms. The molecule has 3 N–H and O–H groups in total. The Hall–Kier alpha value is -1.72. The van der Waals surface area contributed by atoms with Gasteiger partial charge in [0.05, 0.1) is 11.6 Å². The van der Waals surface area contributed by atoms with Crippen molar-refractivity contribution in [2.24, 2.45) is 10.7 Å². The van der Waals surface area contributed by atoms with Crippen LogP contribution in [0.25, 0.3) is 0 Å². The topological polar surface area (TPSA) is 50.4 Å². The number of hydrogen-bond donors (Lipinski definition) is 2. The summed E-state index contributed by atoms with van der Waals surface area (Å²) in [7, 11) is 0. The highest BCUT2D eigenvalue weighted by Crippen LogP contribution is 2.38. The molecule has 21 heavy (non-hydrogen) atoms. The average molecular weight is 297 g/mol. The van der Waals surface area contributed by atoms with Gasteiger partial charge in [-0.3, -0.25) is 4.99 Å². The van der Waals surface area contributed by atoms with Gasteiger partial charge in [0.2, 0.25) is 0 Å². The van der Waals surface area contributed by atoms with Gasteiger partial charge >= 0.3 is 6.18 Å². The number of rotatable bonds is 3. The number of halogens is 3. The third kappa shape index (κ3) is 3.49. The molecule has 2 aliphatic carbocycles. The van der Waals surface area contributed by atoms with Gasteiger partial charge in [-0.05, 0) is 49.3 Å². The summed E-state index contributed by atoms with van der Waals surface area (Å²) < 4.78 is 37.5. The van der Waals surface area contributed by atoms with Gasteiger partial charge in [0.1, 0.15) is 0 Å². The molecule has 0 bridgehead atoms. The summed E-state index contributed by atoms with van der Waals surface area (Å²) in [6, 6.07) is 6.12. The highest BCUT2D eigenvalue weighted by atomic mass is 19.4. The smallest absolute Gasteiger partial charge is 0.370 e. The van der Waals surface area contributed by atoms with Crippen molar-refractivity contribution in [3.05, 3.63) is 35.4 Å². The number of nitrogens with zero attached hydrogens (tertiary/aromatic N) is 1. The van der Waals surface area contributed by atoms with Gasteiger partial charge in [-0.2, -0.15) is 13.2 Å². The van der Waals surface area contributed by atoms with Gasteiger partial charge in [0.15, 0.2) is 5.96 Å². The summed E-state index contributed by atoms with van der Waals surface area (Å²) in [5.41, 5.74) is 6.15. The van der Waals surface area contributed by atoms with Crippen LogP contribution in [0.1, 0.15) is 42.7 Å². The standard InChI is InChI=1S/C15H18F3N3/c16-15(17,18)11-3-1-9(2-4-11)10-7-13(8-10)21-14(19)20-12-5-6-12/h1-4,10,12-13H,5-8H2,(H3,19,20,21). The maximum atomic E-state index is 12.5. The molecule has 2 aliphatic rings. The zero-order chi connectivity index (χ0) is 15.0. The predicted octanol–water partition coefficient (Wildman–Crippen LogP) is 3.02. The Morgan fingerprint density at radius 2 is 1.76 bits per heavy atom. The summed E-state index contributed by atoms with van der Waals surface area (Å²) >= 11 is 0. The van der Waals surface area contributed by atoms with E-state index in [0.29, 0.717) is 17.9 Å². The van der Waals surface area contributed by atoms with Gasteiger partial charge in [-0.25, -0.2) is 0 Å². The molecule has 1 aromatic carbocycles. The fourth-order valence-corrected chi connectivity index (χ4v) is 2.60. The molecule has 0 aliphatic heterocycles. The van der Waals surface area contributed by atoms with Gasteiger partial charge in [0, 0.05) is 6.04 Å². The van der Waals surface area contributed by atoms with Crippen LogP contribution < -0.4 is 11.1 Å². The minimum absolute atomic E-state index is 0.278. The van der Waals surface area contributed by atoms with E-state index in [1.165, 1.54) is 0 Å². The maximum absolute atomic E-state index is 12.5. The zero-order valence-corrected chi connectivity index (χ0v) is 11.5. The number of benzene rings is 1. The first-order chi connectivity index (χ1) is 9.91. The Kier molecular flexibility index (Phi) is 3.55. The monoisotopic (exact) mass is 297 g/mol. The molecule has 0 aromatic heterocycles. The van der Waals surface area contributed by atoms with Gasteiger partial charge in [0.25, 0.3) is 0 Å². The second-order valence-corrected chi connectivity index (χ2v) is 5.87. The third-order valence-corrected chi connectivity index (χ3v) is 4.07. The van der Waals surface area contributed by atoms with E-state index in [2.05, 4.69) is 10.3 Å². The van der Waals surface area contributed by atoms with Gasteiger partial charge < -0.3 is 11.1 Å². The Morgan fingerprint density at radius 3 is 2.29 bits per heavy atom. The van der Waals surface area contributed by atoms with Crippen LogP contribution >= 0.6 is 0 Å². The first-order valence-corrected chi connectivity index (χ1v) is 7.19. The Labute approximate surface area is 121 Å². The molecular weight excluding hydrogens is 279 g/mol. The molecule has 114 valence electrons. The highest BCUT2D eigenvalue weighted by Gasteiger charge is 2.33. The molecule has 6 heteroatoms. The van der Waals surface area contributed by atoms with Crippen molar-refractivity contribution in [2.45, 2.75) is 49.9 Å². The van der Waals surface area contributed by atoms with Gasteiger partial charge in [-0.1, -0.05) is 12.1 Å². The van der Waals surface area contributed by atoms with Crippen molar-refractivity contribution >= 4 is 5.96 Å². The van der Waals surface area contributed by atoms with E-state index in [1.54, 1.807) is 12.1 Å². The van der Waals surface area contributed by atoms with Crippen LogP contribution in [-0.4, -0.2) is 18.0 Å². The van der Waals surface area contributed by atoms with Crippen molar-refractivity contribution in [3.63, 3.8) is 0 Å². The van der Waals surface area contributed by atoms with Gasteiger partial charge in [-0.15, -0.1) is 0 Å². The van der Waals surface area contributed by atoms with E-state index >= 15 is 0 Å². The van der Waals surface area contributed by atoms with Crippen LogP contribution in [0.3, 0.4) is 0 Å². The molecule has 0 atom stereocenters. The number of alkyl halides is 3. The molecule has 0 heterocycles. The summed E-state index contributed by atoms with van der Waals surface area (Å²) in [5.74, 6) is 0.798. The third-order valence-electron chi connectivity index (χ3n) is 4.07. The molecule has 0 unspecified atom stereocenters. The van der Waals surface area contributed by atoms with Crippen LogP contribution in [0.15, 0.2) is 29.3 Å². The van der Waals surface area contributed by atoms with E-state index in [9.17, 15) is 13.2 Å². The maximum Gasteiger partial charge on any atom is 0.416 e. The summed E-state index contributed by atoms with van der Waals surface area (Å²) in [6.07, 6.45) is -0.281. The van der Waals surface area contributed by atoms with E-state index < -0.39 is 11.7 Å².